The van der Waals surface area contributed by atoms with Crippen molar-refractivity contribution < 1.29 is 38.2 Å². The van der Waals surface area contributed by atoms with Gasteiger partial charge in [-0.15, -0.1) is 0 Å². The summed E-state index contributed by atoms with van der Waals surface area (Å²) < 4.78 is 15.7. The Morgan fingerprint density at radius 3 is 2.15 bits per heavy atom. The predicted molar refractivity (Wildman–Crippen MR) is 141 cm³/mol. The molecule has 2 rings (SSSR count). The van der Waals surface area contributed by atoms with Gasteiger partial charge in [0.2, 0.25) is 11.8 Å². The van der Waals surface area contributed by atoms with Crippen LogP contribution in [0.5, 0.6) is 0 Å². The summed E-state index contributed by atoms with van der Waals surface area (Å²) in [6.45, 7) is 10.0. The summed E-state index contributed by atoms with van der Waals surface area (Å²) in [6.07, 6.45) is -1.35. The van der Waals surface area contributed by atoms with Gasteiger partial charge in [-0.2, -0.15) is 0 Å². The van der Waals surface area contributed by atoms with E-state index in [4.69, 9.17) is 14.2 Å². The number of hydrogen-bond donors (Lipinski definition) is 2. The summed E-state index contributed by atoms with van der Waals surface area (Å²) in [7, 11) is 0. The molecule has 216 valence electrons. The van der Waals surface area contributed by atoms with E-state index in [2.05, 4.69) is 10.6 Å². The Morgan fingerprint density at radius 1 is 0.897 bits per heavy atom. The number of benzene rings is 1. The Morgan fingerprint density at radius 2 is 1.54 bits per heavy atom. The van der Waals surface area contributed by atoms with Gasteiger partial charge in [0.15, 0.2) is 0 Å². The number of alkyl carbamates (subject to hydrolysis) is 2. The first-order valence-electron chi connectivity index (χ1n) is 12.9. The van der Waals surface area contributed by atoms with Crippen molar-refractivity contribution in [1.29, 1.82) is 0 Å². The van der Waals surface area contributed by atoms with Gasteiger partial charge in [-0.25, -0.2) is 9.59 Å². The lowest BCUT2D eigenvalue weighted by Gasteiger charge is -2.40. The maximum Gasteiger partial charge on any atom is 0.407 e. The van der Waals surface area contributed by atoms with E-state index in [9.17, 15) is 24.0 Å². The molecule has 1 saturated heterocycles. The molecule has 1 aliphatic rings. The van der Waals surface area contributed by atoms with E-state index in [1.54, 1.807) is 53.7 Å². The molecule has 0 aliphatic carbocycles. The van der Waals surface area contributed by atoms with Crippen molar-refractivity contribution in [1.82, 2.24) is 20.4 Å². The van der Waals surface area contributed by atoms with Gasteiger partial charge in [-0.1, -0.05) is 30.3 Å². The SMILES string of the molecule is CC(C)(C)OC(=O)CN1CCN(C(=O)CNC(=O)OCc2ccccc2)[C@@H](CCNC(=O)OC(C)(C)C)C1=O. The van der Waals surface area contributed by atoms with Crippen molar-refractivity contribution in [3.8, 4) is 0 Å². The fourth-order valence-electron chi connectivity index (χ4n) is 3.75. The van der Waals surface area contributed by atoms with E-state index >= 15 is 0 Å². The van der Waals surface area contributed by atoms with Crippen molar-refractivity contribution in [3.63, 3.8) is 0 Å². The Hall–Kier alpha value is -3.83. The Labute approximate surface area is 229 Å². The third kappa shape index (κ3) is 11.6. The largest absolute Gasteiger partial charge is 0.459 e. The fourth-order valence-corrected chi connectivity index (χ4v) is 3.75. The number of carbonyl (C=O) groups is 5. The van der Waals surface area contributed by atoms with Gasteiger partial charge >= 0.3 is 18.2 Å². The highest BCUT2D eigenvalue weighted by Gasteiger charge is 2.38. The number of nitrogens with one attached hydrogen (secondary N) is 2. The van der Waals surface area contributed by atoms with Crippen LogP contribution < -0.4 is 10.6 Å². The highest BCUT2D eigenvalue weighted by molar-refractivity contribution is 5.92. The molecule has 0 saturated carbocycles. The first-order chi connectivity index (χ1) is 18.1. The summed E-state index contributed by atoms with van der Waals surface area (Å²) in [5, 5.41) is 5.00. The monoisotopic (exact) mass is 548 g/mol. The second-order valence-corrected chi connectivity index (χ2v) is 11.1. The van der Waals surface area contributed by atoms with Gasteiger partial charge < -0.3 is 34.6 Å². The summed E-state index contributed by atoms with van der Waals surface area (Å²) in [5.74, 6) is -1.53. The number of carbonyl (C=O) groups excluding carboxylic acids is 5. The molecule has 12 heteroatoms. The smallest absolute Gasteiger partial charge is 0.407 e. The Kier molecular flexibility index (Phi) is 11.1. The molecular weight excluding hydrogens is 508 g/mol. The molecule has 1 atom stereocenters. The normalized spacial score (nSPS) is 15.8. The zero-order valence-electron chi connectivity index (χ0n) is 23.6. The first kappa shape index (κ1) is 31.4. The van der Waals surface area contributed by atoms with Crippen LogP contribution >= 0.6 is 0 Å². The lowest BCUT2D eigenvalue weighted by molar-refractivity contribution is -0.163. The summed E-state index contributed by atoms with van der Waals surface area (Å²) >= 11 is 0. The average molecular weight is 549 g/mol. The standard InChI is InChI=1S/C27H40N4O8/c1-26(2,3)38-22(33)17-30-14-15-31(20(23(30)34)12-13-28-25(36)39-27(4,5)6)21(32)16-29-24(35)37-18-19-10-8-7-9-11-19/h7-11,20H,12-18H2,1-6H3,(H,28,36)(H,29,35)/t20-/m0/s1. The van der Waals surface area contributed by atoms with Crippen molar-refractivity contribution in [2.75, 3.05) is 32.7 Å². The molecule has 0 bridgehead atoms. The van der Waals surface area contributed by atoms with Crippen molar-refractivity contribution >= 4 is 30.0 Å². The molecule has 1 heterocycles. The van der Waals surface area contributed by atoms with E-state index in [1.807, 2.05) is 18.2 Å². The van der Waals surface area contributed by atoms with Crippen LogP contribution in [0.4, 0.5) is 9.59 Å². The lowest BCUT2D eigenvalue weighted by Crippen LogP contribution is -2.61. The van der Waals surface area contributed by atoms with Gasteiger partial charge in [-0.3, -0.25) is 14.4 Å². The van der Waals surface area contributed by atoms with Crippen LogP contribution in [0.3, 0.4) is 0 Å². The summed E-state index contributed by atoms with van der Waals surface area (Å²) in [5.41, 5.74) is -0.615. The van der Waals surface area contributed by atoms with E-state index in [-0.39, 0.29) is 45.8 Å². The zero-order chi connectivity index (χ0) is 29.2. The highest BCUT2D eigenvalue weighted by atomic mass is 16.6. The minimum atomic E-state index is -0.967. The molecule has 1 aliphatic heterocycles. The van der Waals surface area contributed by atoms with Crippen LogP contribution in [0.2, 0.25) is 0 Å². The predicted octanol–water partition coefficient (Wildman–Crippen LogP) is 2.21. The molecule has 2 N–H and O–H groups in total. The van der Waals surface area contributed by atoms with Gasteiger partial charge in [-0.05, 0) is 53.5 Å². The highest BCUT2D eigenvalue weighted by Crippen LogP contribution is 2.16. The van der Waals surface area contributed by atoms with E-state index < -0.39 is 47.2 Å². The number of nitrogens with zero attached hydrogens (tertiary/aromatic N) is 2. The number of piperazine rings is 1. The van der Waals surface area contributed by atoms with Crippen LogP contribution in [0.1, 0.15) is 53.5 Å². The number of hydrogen-bond acceptors (Lipinski definition) is 8. The lowest BCUT2D eigenvalue weighted by atomic mass is 10.1. The molecule has 1 aromatic carbocycles. The van der Waals surface area contributed by atoms with Crippen molar-refractivity contribution in [2.45, 2.75) is 71.8 Å². The summed E-state index contributed by atoms with van der Waals surface area (Å²) in [6, 6.07) is 8.11. The molecule has 0 radical (unpaired) electrons. The second-order valence-electron chi connectivity index (χ2n) is 11.1. The molecule has 0 spiro atoms. The maximum atomic E-state index is 13.3. The molecule has 0 aromatic heterocycles. The first-order valence-corrected chi connectivity index (χ1v) is 12.9. The molecule has 12 nitrogen and oxygen atoms in total. The number of amides is 4. The quantitative estimate of drug-likeness (QED) is 0.353. The van der Waals surface area contributed by atoms with E-state index in [1.165, 1.54) is 9.80 Å². The Balaban J connectivity index is 2.00. The maximum absolute atomic E-state index is 13.3. The van der Waals surface area contributed by atoms with Gasteiger partial charge in [0.1, 0.15) is 36.9 Å². The van der Waals surface area contributed by atoms with Crippen LogP contribution in [0, 0.1) is 0 Å². The number of ether oxygens (including phenoxy) is 3. The van der Waals surface area contributed by atoms with Crippen molar-refractivity contribution in [2.24, 2.45) is 0 Å². The average Bonchev–Trinajstić information content (AvgIpc) is 2.81. The fraction of sp³-hybridized carbons (Fsp3) is 0.593. The number of rotatable bonds is 9. The molecule has 39 heavy (non-hydrogen) atoms. The minimum Gasteiger partial charge on any atom is -0.459 e. The van der Waals surface area contributed by atoms with E-state index in [0.717, 1.165) is 5.56 Å². The van der Waals surface area contributed by atoms with Crippen molar-refractivity contribution in [3.05, 3.63) is 35.9 Å². The Bertz CT molecular complexity index is 1020. The molecular formula is C27H40N4O8. The number of esters is 1. The molecule has 1 aromatic rings. The van der Waals surface area contributed by atoms with Gasteiger partial charge in [0, 0.05) is 19.6 Å². The molecule has 4 amide bonds. The topological polar surface area (TPSA) is 144 Å². The van der Waals surface area contributed by atoms with Crippen LogP contribution in [0.15, 0.2) is 30.3 Å². The van der Waals surface area contributed by atoms with Crippen LogP contribution in [0.25, 0.3) is 0 Å². The van der Waals surface area contributed by atoms with E-state index in [0.29, 0.717) is 0 Å². The zero-order valence-corrected chi connectivity index (χ0v) is 23.6. The second kappa shape index (κ2) is 13.8. The molecule has 1 fully saturated rings. The van der Waals surface area contributed by atoms with Gasteiger partial charge in [0.25, 0.3) is 0 Å². The summed E-state index contributed by atoms with van der Waals surface area (Å²) in [4.78, 5) is 65.5. The van der Waals surface area contributed by atoms with Crippen LogP contribution in [-0.4, -0.2) is 89.7 Å². The van der Waals surface area contributed by atoms with Gasteiger partial charge in [0.05, 0.1) is 0 Å². The minimum absolute atomic E-state index is 0.0433. The third-order valence-electron chi connectivity index (χ3n) is 5.33. The van der Waals surface area contributed by atoms with Crippen LogP contribution in [-0.2, 0) is 35.2 Å². The molecule has 0 unspecified atom stereocenters. The third-order valence-corrected chi connectivity index (χ3v) is 5.33.